The van der Waals surface area contributed by atoms with Gasteiger partial charge in [-0.15, -0.1) is 0 Å². The first-order valence-corrected chi connectivity index (χ1v) is 11.0. The van der Waals surface area contributed by atoms with Crippen molar-refractivity contribution in [1.82, 2.24) is 0 Å². The molecule has 3 aromatic carbocycles. The van der Waals surface area contributed by atoms with Crippen molar-refractivity contribution < 1.29 is 13.4 Å². The van der Waals surface area contributed by atoms with Crippen molar-refractivity contribution >= 4 is 62.4 Å². The molecule has 0 amide bonds. The highest BCUT2D eigenvalue weighted by Gasteiger charge is 2.25. The average Bonchev–Trinajstić information content (AvgIpc) is 3.06. The third-order valence-corrected chi connectivity index (χ3v) is 6.99. The molecular formula is C22H13Cl3O3S. The highest BCUT2D eigenvalue weighted by atomic mass is 35.5. The van der Waals surface area contributed by atoms with Gasteiger partial charge < -0.3 is 4.42 Å². The lowest BCUT2D eigenvalue weighted by molar-refractivity contribution is 0.101. The Labute approximate surface area is 184 Å². The lowest BCUT2D eigenvalue weighted by atomic mass is 10.0. The number of para-hydroxylation sites is 1. The van der Waals surface area contributed by atoms with Crippen molar-refractivity contribution in [2.24, 2.45) is 0 Å². The predicted molar refractivity (Wildman–Crippen MR) is 118 cm³/mol. The first-order chi connectivity index (χ1) is 14.0. The summed E-state index contributed by atoms with van der Waals surface area (Å²) in [6.45, 7) is 0. The maximum absolute atomic E-state index is 13.1. The number of hydrogen-bond donors (Lipinski definition) is 0. The van der Waals surface area contributed by atoms with Crippen molar-refractivity contribution in [3.63, 3.8) is 0 Å². The minimum absolute atomic E-state index is 0.0368. The Bertz CT molecular complexity index is 1230. The van der Waals surface area contributed by atoms with Crippen LogP contribution in [-0.2, 0) is 16.6 Å². The molecule has 0 saturated carbocycles. The van der Waals surface area contributed by atoms with Crippen molar-refractivity contribution in [3.8, 4) is 0 Å². The quantitative estimate of drug-likeness (QED) is 0.301. The zero-order chi connectivity index (χ0) is 20.5. The van der Waals surface area contributed by atoms with Crippen LogP contribution in [0.25, 0.3) is 11.0 Å². The number of rotatable bonds is 5. The van der Waals surface area contributed by atoms with Crippen molar-refractivity contribution in [3.05, 3.63) is 98.7 Å². The van der Waals surface area contributed by atoms with E-state index in [0.29, 0.717) is 36.7 Å². The molecule has 0 N–H and O–H groups in total. The summed E-state index contributed by atoms with van der Waals surface area (Å²) in [7, 11) is -1.58. The average molecular weight is 464 g/mol. The van der Waals surface area contributed by atoms with E-state index in [0.717, 1.165) is 5.39 Å². The highest BCUT2D eigenvalue weighted by molar-refractivity contribution is 7.84. The molecule has 0 aliphatic heterocycles. The number of benzene rings is 3. The van der Waals surface area contributed by atoms with E-state index in [1.54, 1.807) is 48.5 Å². The minimum Gasteiger partial charge on any atom is -0.452 e. The van der Waals surface area contributed by atoms with Gasteiger partial charge in [-0.2, -0.15) is 0 Å². The van der Waals surface area contributed by atoms with Crippen LogP contribution in [0.3, 0.4) is 0 Å². The molecule has 3 nitrogen and oxygen atoms in total. The summed E-state index contributed by atoms with van der Waals surface area (Å²) in [4.78, 5) is 13.5. The monoisotopic (exact) mass is 462 g/mol. The van der Waals surface area contributed by atoms with E-state index >= 15 is 0 Å². The van der Waals surface area contributed by atoms with E-state index in [-0.39, 0.29) is 17.3 Å². The van der Waals surface area contributed by atoms with Crippen LogP contribution in [0.1, 0.15) is 21.7 Å². The van der Waals surface area contributed by atoms with Gasteiger partial charge in [-0.1, -0.05) is 59.1 Å². The molecule has 4 rings (SSSR count). The largest absolute Gasteiger partial charge is 0.452 e. The van der Waals surface area contributed by atoms with Crippen LogP contribution in [-0.4, -0.2) is 9.99 Å². The smallest absolute Gasteiger partial charge is 0.228 e. The zero-order valence-corrected chi connectivity index (χ0v) is 17.9. The molecule has 1 heterocycles. The molecule has 146 valence electrons. The number of fused-ring (bicyclic) bond motifs is 1. The van der Waals surface area contributed by atoms with Gasteiger partial charge in [-0.3, -0.25) is 9.00 Å². The molecule has 7 heteroatoms. The summed E-state index contributed by atoms with van der Waals surface area (Å²) in [5.41, 5.74) is 1.52. The Balaban J connectivity index is 1.81. The van der Waals surface area contributed by atoms with Crippen molar-refractivity contribution in [2.45, 2.75) is 10.6 Å². The van der Waals surface area contributed by atoms with Gasteiger partial charge in [-0.05, 0) is 42.5 Å². The number of ketones is 1. The summed E-state index contributed by atoms with van der Waals surface area (Å²) in [6.07, 6.45) is 0. The zero-order valence-electron chi connectivity index (χ0n) is 14.8. The Morgan fingerprint density at radius 2 is 1.52 bits per heavy atom. The molecule has 0 unspecified atom stereocenters. The predicted octanol–water partition coefficient (Wildman–Crippen LogP) is 6.93. The van der Waals surface area contributed by atoms with Gasteiger partial charge in [0.2, 0.25) is 5.78 Å². The number of hydrogen-bond acceptors (Lipinski definition) is 3. The Morgan fingerprint density at radius 1 is 0.862 bits per heavy atom. The van der Waals surface area contributed by atoms with E-state index in [9.17, 15) is 9.00 Å². The van der Waals surface area contributed by atoms with Crippen LogP contribution in [0.4, 0.5) is 0 Å². The van der Waals surface area contributed by atoms with Crippen LogP contribution >= 0.6 is 34.8 Å². The van der Waals surface area contributed by atoms with Gasteiger partial charge >= 0.3 is 0 Å². The minimum atomic E-state index is -1.58. The molecule has 0 fully saturated rings. The fourth-order valence-electron chi connectivity index (χ4n) is 3.06. The molecule has 1 atom stereocenters. The summed E-state index contributed by atoms with van der Waals surface area (Å²) in [5, 5.41) is 1.88. The number of furan rings is 1. The maximum Gasteiger partial charge on any atom is 0.228 e. The highest BCUT2D eigenvalue weighted by Crippen LogP contribution is 2.33. The normalized spacial score (nSPS) is 12.2. The first-order valence-electron chi connectivity index (χ1n) is 8.59. The van der Waals surface area contributed by atoms with Gasteiger partial charge in [0.05, 0.1) is 31.5 Å². The van der Waals surface area contributed by atoms with E-state index in [1.807, 2.05) is 18.2 Å². The first kappa shape index (κ1) is 20.2. The fourth-order valence-corrected chi connectivity index (χ4v) is 5.37. The topological polar surface area (TPSA) is 47.3 Å². The van der Waals surface area contributed by atoms with Gasteiger partial charge in [-0.25, -0.2) is 0 Å². The van der Waals surface area contributed by atoms with Crippen molar-refractivity contribution in [1.29, 1.82) is 0 Å². The third-order valence-electron chi connectivity index (χ3n) is 4.43. The summed E-state index contributed by atoms with van der Waals surface area (Å²) >= 11 is 18.4. The van der Waals surface area contributed by atoms with Crippen LogP contribution in [0.15, 0.2) is 76.0 Å². The Morgan fingerprint density at radius 3 is 2.21 bits per heavy atom. The summed E-state index contributed by atoms with van der Waals surface area (Å²) in [5.74, 6) is -0.130. The Kier molecular flexibility index (Phi) is 5.79. The second-order valence-corrected chi connectivity index (χ2v) is 8.92. The van der Waals surface area contributed by atoms with Crippen LogP contribution < -0.4 is 0 Å². The second-order valence-electron chi connectivity index (χ2n) is 6.28. The molecule has 0 saturated heterocycles. The number of carbonyl (C=O) groups is 1. The summed E-state index contributed by atoms with van der Waals surface area (Å²) in [6, 6.07) is 18.7. The molecule has 1 aromatic heterocycles. The molecule has 4 aromatic rings. The van der Waals surface area contributed by atoms with Gasteiger partial charge in [0.15, 0.2) is 5.76 Å². The summed E-state index contributed by atoms with van der Waals surface area (Å²) < 4.78 is 19.0. The van der Waals surface area contributed by atoms with Crippen LogP contribution in [0.2, 0.25) is 15.1 Å². The Hall–Kier alpha value is -2.11. The van der Waals surface area contributed by atoms with E-state index in [4.69, 9.17) is 39.2 Å². The second kappa shape index (κ2) is 8.33. The SMILES string of the molecule is O=C(c1ccc(Cl)cc1)c1oc2ccccc2c1C[S@@](=O)c1c(Cl)cccc1Cl. The van der Waals surface area contributed by atoms with Gasteiger partial charge in [0.25, 0.3) is 0 Å². The molecule has 0 spiro atoms. The van der Waals surface area contributed by atoms with Crippen LogP contribution in [0.5, 0.6) is 0 Å². The number of carbonyl (C=O) groups excluding carboxylic acids is 1. The van der Waals surface area contributed by atoms with Gasteiger partial charge in [0.1, 0.15) is 5.58 Å². The molecule has 29 heavy (non-hydrogen) atoms. The maximum atomic E-state index is 13.1. The van der Waals surface area contributed by atoms with E-state index in [1.165, 1.54) is 0 Å². The van der Waals surface area contributed by atoms with Gasteiger partial charge in [0, 0.05) is 21.5 Å². The molecular weight excluding hydrogens is 451 g/mol. The molecule has 0 aliphatic rings. The van der Waals surface area contributed by atoms with Crippen molar-refractivity contribution in [2.75, 3.05) is 0 Å². The fraction of sp³-hybridized carbons (Fsp3) is 0.0455. The van der Waals surface area contributed by atoms with E-state index < -0.39 is 10.8 Å². The van der Waals surface area contributed by atoms with E-state index in [2.05, 4.69) is 0 Å². The number of halogens is 3. The molecule has 0 aliphatic carbocycles. The lowest BCUT2D eigenvalue weighted by Crippen LogP contribution is -2.06. The van der Waals surface area contributed by atoms with Crippen LogP contribution in [0, 0.1) is 0 Å². The molecule has 0 radical (unpaired) electrons. The lowest BCUT2D eigenvalue weighted by Gasteiger charge is -2.08. The third kappa shape index (κ3) is 3.99. The molecule has 0 bridgehead atoms. The standard InChI is InChI=1S/C22H13Cl3O3S/c23-14-10-8-13(9-11-14)20(26)21-16(15-4-1-2-7-19(15)28-21)12-29(27)22-17(24)5-3-6-18(22)25/h1-11H,12H2/t29-/m1/s1.